The van der Waals surface area contributed by atoms with E-state index in [-0.39, 0.29) is 5.91 Å². The quantitative estimate of drug-likeness (QED) is 0.284. The maximum Gasteiger partial charge on any atom is 0.247 e. The second kappa shape index (κ2) is 8.48. The Hall–Kier alpha value is -2.61. The van der Waals surface area contributed by atoms with E-state index in [0.29, 0.717) is 13.1 Å². The molecule has 0 aliphatic heterocycles. The van der Waals surface area contributed by atoms with Crippen LogP contribution in [0.3, 0.4) is 0 Å². The monoisotopic (exact) mass is 353 g/mol. The van der Waals surface area contributed by atoms with E-state index < -0.39 is 0 Å². The number of carbonyl (C=O) groups excluding carboxylic acids is 1. The van der Waals surface area contributed by atoms with Crippen molar-refractivity contribution < 1.29 is 4.79 Å². The number of aromatic amines is 1. The van der Waals surface area contributed by atoms with Gasteiger partial charge in [0.05, 0.1) is 0 Å². The Labute approximate surface area is 150 Å². The molecule has 2 aromatic heterocycles. The lowest BCUT2D eigenvalue weighted by Gasteiger charge is -2.11. The molecule has 0 bridgehead atoms. The number of aromatic nitrogens is 2. The van der Waals surface area contributed by atoms with E-state index in [1.165, 1.54) is 23.8 Å². The SMILES string of the molecule is C=CC(=O)Nc1ccccc1CNSNCc1ccnc2[nH]ccc12. The van der Waals surface area contributed by atoms with Crippen molar-refractivity contribution in [3.8, 4) is 0 Å². The zero-order valence-electron chi connectivity index (χ0n) is 13.6. The number of fused-ring (bicyclic) bond motifs is 1. The van der Waals surface area contributed by atoms with Crippen molar-refractivity contribution in [1.82, 2.24) is 19.4 Å². The summed E-state index contributed by atoms with van der Waals surface area (Å²) in [7, 11) is 0. The summed E-state index contributed by atoms with van der Waals surface area (Å²) in [4.78, 5) is 18.9. The summed E-state index contributed by atoms with van der Waals surface area (Å²) in [5.41, 5.74) is 3.86. The Balaban J connectivity index is 1.50. The number of nitrogens with zero attached hydrogens (tertiary/aromatic N) is 1. The van der Waals surface area contributed by atoms with Crippen LogP contribution in [-0.2, 0) is 17.9 Å². The summed E-state index contributed by atoms with van der Waals surface area (Å²) in [6.45, 7) is 4.79. The van der Waals surface area contributed by atoms with Crippen LogP contribution in [0.15, 0.2) is 61.4 Å². The van der Waals surface area contributed by atoms with Gasteiger partial charge in [-0.3, -0.25) is 4.79 Å². The van der Waals surface area contributed by atoms with Gasteiger partial charge in [-0.15, -0.1) is 0 Å². The summed E-state index contributed by atoms with van der Waals surface area (Å²) in [5.74, 6) is -0.216. The zero-order chi connectivity index (χ0) is 17.5. The van der Waals surface area contributed by atoms with Gasteiger partial charge in [0.25, 0.3) is 0 Å². The van der Waals surface area contributed by atoms with Gasteiger partial charge < -0.3 is 10.3 Å². The molecule has 25 heavy (non-hydrogen) atoms. The highest BCUT2D eigenvalue weighted by atomic mass is 32.2. The molecule has 128 valence electrons. The average molecular weight is 353 g/mol. The fourth-order valence-corrected chi connectivity index (χ4v) is 2.99. The predicted octanol–water partition coefficient (Wildman–Crippen LogP) is 3.13. The molecule has 2 heterocycles. The van der Waals surface area contributed by atoms with Crippen LogP contribution in [0, 0.1) is 0 Å². The molecular weight excluding hydrogens is 334 g/mol. The van der Waals surface area contributed by atoms with E-state index in [4.69, 9.17) is 0 Å². The molecule has 7 heteroatoms. The van der Waals surface area contributed by atoms with Crippen molar-refractivity contribution in [1.29, 1.82) is 0 Å². The van der Waals surface area contributed by atoms with Crippen LogP contribution in [0.5, 0.6) is 0 Å². The highest BCUT2D eigenvalue weighted by Crippen LogP contribution is 2.17. The number of amides is 1. The van der Waals surface area contributed by atoms with Gasteiger partial charge in [0, 0.05) is 48.7 Å². The van der Waals surface area contributed by atoms with Gasteiger partial charge in [-0.25, -0.2) is 14.4 Å². The molecule has 0 radical (unpaired) electrons. The van der Waals surface area contributed by atoms with E-state index in [0.717, 1.165) is 22.3 Å². The molecule has 1 amide bonds. The van der Waals surface area contributed by atoms with Crippen LogP contribution in [0.2, 0.25) is 0 Å². The number of nitrogens with one attached hydrogen (secondary N) is 4. The standard InChI is InChI=1S/C18H19N5OS/c1-2-17(24)23-16-6-4-3-5-14(16)12-22-25-21-11-13-7-9-19-18-15(13)8-10-20-18/h2-10,21-22H,1,11-12H2,(H,19,20)(H,23,24). The highest BCUT2D eigenvalue weighted by Gasteiger charge is 2.05. The molecule has 3 aromatic rings. The second-order valence-electron chi connectivity index (χ2n) is 5.30. The number of hydrogen-bond donors (Lipinski definition) is 4. The van der Waals surface area contributed by atoms with Crippen LogP contribution in [-0.4, -0.2) is 15.9 Å². The van der Waals surface area contributed by atoms with E-state index >= 15 is 0 Å². The Bertz CT molecular complexity index is 877. The van der Waals surface area contributed by atoms with Gasteiger partial charge in [-0.1, -0.05) is 24.8 Å². The Morgan fingerprint density at radius 3 is 2.80 bits per heavy atom. The average Bonchev–Trinajstić information content (AvgIpc) is 3.12. The van der Waals surface area contributed by atoms with Gasteiger partial charge in [0.1, 0.15) is 5.65 Å². The van der Waals surface area contributed by atoms with E-state index in [9.17, 15) is 4.79 Å². The minimum atomic E-state index is -0.216. The van der Waals surface area contributed by atoms with Crippen molar-refractivity contribution >= 4 is 34.8 Å². The fourth-order valence-electron chi connectivity index (χ4n) is 2.43. The summed E-state index contributed by atoms with van der Waals surface area (Å²) in [5, 5.41) is 3.93. The molecule has 0 saturated carbocycles. The molecule has 3 rings (SSSR count). The number of rotatable bonds is 8. The van der Waals surface area contributed by atoms with Crippen molar-refractivity contribution in [2.24, 2.45) is 0 Å². The predicted molar refractivity (Wildman–Crippen MR) is 103 cm³/mol. The molecular formula is C18H19N5OS. The summed E-state index contributed by atoms with van der Waals surface area (Å²) in [6.07, 6.45) is 4.95. The third-order valence-corrected chi connectivity index (χ3v) is 4.26. The van der Waals surface area contributed by atoms with Crippen LogP contribution >= 0.6 is 12.1 Å². The number of pyridine rings is 1. The second-order valence-corrected chi connectivity index (χ2v) is 6.09. The number of para-hydroxylation sites is 1. The van der Waals surface area contributed by atoms with Crippen molar-refractivity contribution in [3.63, 3.8) is 0 Å². The summed E-state index contributed by atoms with van der Waals surface area (Å²) >= 11 is 1.42. The zero-order valence-corrected chi connectivity index (χ0v) is 14.4. The minimum Gasteiger partial charge on any atom is -0.346 e. The lowest BCUT2D eigenvalue weighted by Crippen LogP contribution is -2.15. The molecule has 1 aromatic carbocycles. The molecule has 0 aliphatic carbocycles. The van der Waals surface area contributed by atoms with Gasteiger partial charge in [-0.05, 0) is 35.4 Å². The highest BCUT2D eigenvalue weighted by molar-refractivity contribution is 7.95. The molecule has 0 spiro atoms. The van der Waals surface area contributed by atoms with E-state index in [2.05, 4.69) is 31.3 Å². The van der Waals surface area contributed by atoms with Crippen molar-refractivity contribution in [2.75, 3.05) is 5.32 Å². The third-order valence-electron chi connectivity index (χ3n) is 3.68. The Morgan fingerprint density at radius 2 is 1.96 bits per heavy atom. The van der Waals surface area contributed by atoms with Crippen LogP contribution in [0.4, 0.5) is 5.69 Å². The fraction of sp³-hybridized carbons (Fsp3) is 0.111. The van der Waals surface area contributed by atoms with Crippen LogP contribution < -0.4 is 14.8 Å². The summed E-state index contributed by atoms with van der Waals surface area (Å²) < 4.78 is 6.54. The normalized spacial score (nSPS) is 10.7. The van der Waals surface area contributed by atoms with Gasteiger partial charge in [0.2, 0.25) is 5.91 Å². The number of hydrogen-bond acceptors (Lipinski definition) is 5. The molecule has 4 N–H and O–H groups in total. The maximum atomic E-state index is 11.5. The topological polar surface area (TPSA) is 81.8 Å². The first-order valence-electron chi connectivity index (χ1n) is 7.82. The summed E-state index contributed by atoms with van der Waals surface area (Å²) in [6, 6.07) is 11.7. The molecule has 0 aliphatic rings. The first-order valence-corrected chi connectivity index (χ1v) is 8.63. The lowest BCUT2D eigenvalue weighted by atomic mass is 10.2. The molecule has 0 atom stereocenters. The van der Waals surface area contributed by atoms with E-state index in [1.54, 1.807) is 6.20 Å². The van der Waals surface area contributed by atoms with E-state index in [1.807, 2.05) is 42.6 Å². The number of carbonyl (C=O) groups is 1. The number of H-pyrrole nitrogens is 1. The smallest absolute Gasteiger partial charge is 0.247 e. The first-order chi connectivity index (χ1) is 12.3. The maximum absolute atomic E-state index is 11.5. The van der Waals surface area contributed by atoms with Crippen molar-refractivity contribution in [2.45, 2.75) is 13.1 Å². The number of anilines is 1. The molecule has 6 nitrogen and oxygen atoms in total. The van der Waals surface area contributed by atoms with Gasteiger partial charge >= 0.3 is 0 Å². The Kier molecular flexibility index (Phi) is 5.84. The third kappa shape index (κ3) is 4.48. The first kappa shape index (κ1) is 17.2. The molecule has 0 unspecified atom stereocenters. The van der Waals surface area contributed by atoms with Crippen LogP contribution in [0.25, 0.3) is 11.0 Å². The van der Waals surface area contributed by atoms with Crippen LogP contribution in [0.1, 0.15) is 11.1 Å². The Morgan fingerprint density at radius 1 is 1.16 bits per heavy atom. The lowest BCUT2D eigenvalue weighted by molar-refractivity contribution is -0.111. The van der Waals surface area contributed by atoms with Gasteiger partial charge in [0.15, 0.2) is 0 Å². The van der Waals surface area contributed by atoms with Gasteiger partial charge in [-0.2, -0.15) is 0 Å². The minimum absolute atomic E-state index is 0.216. The molecule has 0 fully saturated rings. The van der Waals surface area contributed by atoms with Crippen molar-refractivity contribution in [3.05, 3.63) is 72.6 Å². The largest absolute Gasteiger partial charge is 0.346 e. The number of benzene rings is 1. The molecule has 0 saturated heterocycles.